The van der Waals surface area contributed by atoms with Gasteiger partial charge in [0.2, 0.25) is 0 Å². The van der Waals surface area contributed by atoms with E-state index in [0.717, 1.165) is 12.3 Å². The quantitative estimate of drug-likeness (QED) is 0.345. The van der Waals surface area contributed by atoms with Crippen LogP contribution in [-0.2, 0) is 0 Å². The van der Waals surface area contributed by atoms with Crippen molar-refractivity contribution in [1.29, 1.82) is 0 Å². The summed E-state index contributed by atoms with van der Waals surface area (Å²) in [4.78, 5) is 0. The summed E-state index contributed by atoms with van der Waals surface area (Å²) in [6.07, 6.45) is 26.3. The van der Waals surface area contributed by atoms with E-state index in [1.54, 1.807) is 0 Å². The van der Waals surface area contributed by atoms with Crippen molar-refractivity contribution in [3.63, 3.8) is 0 Å². The molecule has 0 saturated heterocycles. The molecule has 2 fully saturated rings. The number of unbranched alkanes of at least 4 members (excludes halogenated alkanes) is 6. The van der Waals surface area contributed by atoms with Gasteiger partial charge in [0.05, 0.1) is 5.66 Å². The van der Waals surface area contributed by atoms with Gasteiger partial charge in [-0.3, -0.25) is 0 Å². The first kappa shape index (κ1) is 20.2. The molecule has 0 unspecified atom stereocenters. The van der Waals surface area contributed by atoms with E-state index in [0.29, 0.717) is 5.92 Å². The Hall–Kier alpha value is -0.0800. The highest BCUT2D eigenvalue weighted by molar-refractivity contribution is 4.87. The summed E-state index contributed by atoms with van der Waals surface area (Å²) >= 11 is 0. The first-order chi connectivity index (χ1) is 11.7. The molecule has 2 nitrogen and oxygen atoms in total. The lowest BCUT2D eigenvalue weighted by Crippen LogP contribution is -2.56. The smallest absolute Gasteiger partial charge is 0.0665 e. The Labute approximate surface area is 151 Å². The van der Waals surface area contributed by atoms with Crippen molar-refractivity contribution in [1.82, 2.24) is 0 Å². The predicted molar refractivity (Wildman–Crippen MR) is 106 cm³/mol. The summed E-state index contributed by atoms with van der Waals surface area (Å²) in [5.41, 5.74) is 12.5. The molecule has 0 bridgehead atoms. The van der Waals surface area contributed by atoms with Crippen molar-refractivity contribution >= 4 is 0 Å². The highest BCUT2D eigenvalue weighted by atomic mass is 15.0. The van der Waals surface area contributed by atoms with Crippen LogP contribution >= 0.6 is 0 Å². The zero-order chi connectivity index (χ0) is 17.1. The topological polar surface area (TPSA) is 52.0 Å². The third-order valence-corrected chi connectivity index (χ3v) is 6.81. The molecule has 2 aliphatic rings. The van der Waals surface area contributed by atoms with Gasteiger partial charge in [0.15, 0.2) is 0 Å². The van der Waals surface area contributed by atoms with Crippen LogP contribution in [-0.4, -0.2) is 5.66 Å². The Kier molecular flexibility index (Phi) is 9.71. The third kappa shape index (κ3) is 7.87. The fourth-order valence-electron chi connectivity index (χ4n) is 5.07. The van der Waals surface area contributed by atoms with Crippen molar-refractivity contribution in [2.75, 3.05) is 0 Å². The second-order valence-electron chi connectivity index (χ2n) is 8.96. The van der Waals surface area contributed by atoms with Gasteiger partial charge >= 0.3 is 0 Å². The van der Waals surface area contributed by atoms with E-state index >= 15 is 0 Å². The lowest BCUT2D eigenvalue weighted by atomic mass is 9.78. The average Bonchev–Trinajstić information content (AvgIpc) is 2.62. The minimum atomic E-state index is -0.388. The fourth-order valence-corrected chi connectivity index (χ4v) is 5.07. The summed E-state index contributed by atoms with van der Waals surface area (Å²) in [5, 5.41) is 0. The van der Waals surface area contributed by atoms with Gasteiger partial charge in [0, 0.05) is 0 Å². The van der Waals surface area contributed by atoms with E-state index < -0.39 is 0 Å². The molecule has 24 heavy (non-hydrogen) atoms. The Morgan fingerprint density at radius 1 is 0.583 bits per heavy atom. The molecule has 142 valence electrons. The maximum atomic E-state index is 6.42. The minimum absolute atomic E-state index is 0.388. The van der Waals surface area contributed by atoms with Crippen LogP contribution in [0.4, 0.5) is 0 Å². The van der Waals surface area contributed by atoms with Gasteiger partial charge < -0.3 is 11.5 Å². The third-order valence-electron chi connectivity index (χ3n) is 6.81. The van der Waals surface area contributed by atoms with Gasteiger partial charge in [-0.2, -0.15) is 0 Å². The van der Waals surface area contributed by atoms with Gasteiger partial charge in [-0.05, 0) is 31.1 Å². The molecule has 0 aromatic rings. The first-order valence-electron chi connectivity index (χ1n) is 11.3. The van der Waals surface area contributed by atoms with Gasteiger partial charge in [-0.25, -0.2) is 0 Å². The van der Waals surface area contributed by atoms with E-state index in [2.05, 4.69) is 0 Å². The summed E-state index contributed by atoms with van der Waals surface area (Å²) < 4.78 is 0. The van der Waals surface area contributed by atoms with Crippen LogP contribution in [0.25, 0.3) is 0 Å². The fraction of sp³-hybridized carbons (Fsp3) is 1.00. The van der Waals surface area contributed by atoms with E-state index in [1.807, 2.05) is 0 Å². The monoisotopic (exact) mass is 336 g/mol. The van der Waals surface area contributed by atoms with Crippen LogP contribution in [0.3, 0.4) is 0 Å². The van der Waals surface area contributed by atoms with E-state index in [1.165, 1.54) is 116 Å². The Balaban J connectivity index is 1.39. The Morgan fingerprint density at radius 2 is 1.08 bits per heavy atom. The van der Waals surface area contributed by atoms with E-state index in [-0.39, 0.29) is 5.66 Å². The van der Waals surface area contributed by atoms with Crippen molar-refractivity contribution < 1.29 is 0 Å². The molecular formula is C22H44N2. The first-order valence-corrected chi connectivity index (χ1v) is 11.3. The molecular weight excluding hydrogens is 292 g/mol. The molecule has 0 heterocycles. The number of rotatable bonds is 11. The minimum Gasteiger partial charge on any atom is -0.313 e. The van der Waals surface area contributed by atoms with Crippen molar-refractivity contribution in [2.24, 2.45) is 23.3 Å². The lowest BCUT2D eigenvalue weighted by Gasteiger charge is -2.36. The highest BCUT2D eigenvalue weighted by Crippen LogP contribution is 2.31. The van der Waals surface area contributed by atoms with Crippen molar-refractivity contribution in [3.8, 4) is 0 Å². The normalized spacial score (nSPS) is 21.2. The number of hydrogen-bond acceptors (Lipinski definition) is 2. The van der Waals surface area contributed by atoms with Gasteiger partial charge in [0.25, 0.3) is 0 Å². The van der Waals surface area contributed by atoms with Crippen molar-refractivity contribution in [2.45, 2.75) is 128 Å². The molecule has 0 atom stereocenters. The summed E-state index contributed by atoms with van der Waals surface area (Å²) in [5.74, 6) is 1.65. The molecule has 0 amide bonds. The molecule has 2 heteroatoms. The van der Waals surface area contributed by atoms with Crippen LogP contribution in [0, 0.1) is 11.8 Å². The van der Waals surface area contributed by atoms with Crippen LogP contribution in [0.5, 0.6) is 0 Å². The molecule has 2 saturated carbocycles. The largest absolute Gasteiger partial charge is 0.313 e. The van der Waals surface area contributed by atoms with Gasteiger partial charge in [0.1, 0.15) is 0 Å². The molecule has 0 aromatic carbocycles. The zero-order valence-electron chi connectivity index (χ0n) is 16.2. The summed E-state index contributed by atoms with van der Waals surface area (Å²) in [6, 6.07) is 0. The van der Waals surface area contributed by atoms with E-state index in [9.17, 15) is 0 Å². The molecule has 0 aromatic heterocycles. The SMILES string of the molecule is NC(N)(CCCCCCCCCC1CCCCC1)C1CCCCC1. The predicted octanol–water partition coefficient (Wildman–Crippen LogP) is 6.27. The molecule has 2 rings (SSSR count). The van der Waals surface area contributed by atoms with Crippen LogP contribution in [0.2, 0.25) is 0 Å². The van der Waals surface area contributed by atoms with Crippen LogP contribution in [0.15, 0.2) is 0 Å². The Morgan fingerprint density at radius 3 is 1.71 bits per heavy atom. The second kappa shape index (κ2) is 11.5. The maximum Gasteiger partial charge on any atom is 0.0665 e. The Bertz CT molecular complexity index is 301. The summed E-state index contributed by atoms with van der Waals surface area (Å²) in [6.45, 7) is 0. The second-order valence-corrected chi connectivity index (χ2v) is 8.96. The summed E-state index contributed by atoms with van der Waals surface area (Å²) in [7, 11) is 0. The average molecular weight is 337 g/mol. The molecule has 0 spiro atoms. The molecule has 0 aliphatic heterocycles. The van der Waals surface area contributed by atoms with Gasteiger partial charge in [-0.15, -0.1) is 0 Å². The molecule has 0 radical (unpaired) electrons. The number of hydrogen-bond donors (Lipinski definition) is 2. The standard InChI is InChI=1S/C22H44N2/c23-22(24,21-17-11-7-12-18-21)19-13-5-3-1-2-4-8-14-20-15-9-6-10-16-20/h20-21H,1-19,23-24H2. The molecule has 2 aliphatic carbocycles. The van der Waals surface area contributed by atoms with Crippen LogP contribution in [0.1, 0.15) is 122 Å². The van der Waals surface area contributed by atoms with Crippen molar-refractivity contribution in [3.05, 3.63) is 0 Å². The number of nitrogens with two attached hydrogens (primary N) is 2. The maximum absolute atomic E-state index is 6.42. The van der Waals surface area contributed by atoms with Crippen LogP contribution < -0.4 is 11.5 Å². The molecule has 4 N–H and O–H groups in total. The highest BCUT2D eigenvalue weighted by Gasteiger charge is 2.31. The van der Waals surface area contributed by atoms with E-state index in [4.69, 9.17) is 11.5 Å². The zero-order valence-corrected chi connectivity index (χ0v) is 16.2. The van der Waals surface area contributed by atoms with Gasteiger partial charge in [-0.1, -0.05) is 103 Å². The lowest BCUT2D eigenvalue weighted by molar-refractivity contribution is 0.194.